The molecular weight excluding hydrogens is 214 g/mol. The Kier molecular flexibility index (Phi) is 4.45. The summed E-state index contributed by atoms with van der Waals surface area (Å²) >= 11 is 0. The molecule has 3 heteroatoms. The third kappa shape index (κ3) is 2.83. The van der Waals surface area contributed by atoms with Crippen LogP contribution in [0.1, 0.15) is 33.1 Å². The minimum atomic E-state index is 0.0583. The van der Waals surface area contributed by atoms with E-state index in [2.05, 4.69) is 18.7 Å². The van der Waals surface area contributed by atoms with Crippen molar-refractivity contribution in [3.05, 3.63) is 0 Å². The van der Waals surface area contributed by atoms with Crippen LogP contribution in [0.25, 0.3) is 0 Å². The topological polar surface area (TPSA) is 32.7 Å². The van der Waals surface area contributed by atoms with Crippen molar-refractivity contribution in [2.75, 3.05) is 39.5 Å². The molecule has 0 aromatic rings. The zero-order chi connectivity index (χ0) is 12.3. The molecule has 1 N–H and O–H groups in total. The predicted molar refractivity (Wildman–Crippen MR) is 69.0 cm³/mol. The van der Waals surface area contributed by atoms with Crippen molar-refractivity contribution in [2.24, 2.45) is 17.3 Å². The Morgan fingerprint density at radius 1 is 1.35 bits per heavy atom. The first-order valence-corrected chi connectivity index (χ1v) is 7.14. The van der Waals surface area contributed by atoms with Crippen LogP contribution in [0.3, 0.4) is 0 Å². The fraction of sp³-hybridized carbons (Fsp3) is 1.00. The van der Waals surface area contributed by atoms with Crippen molar-refractivity contribution in [1.29, 1.82) is 0 Å². The van der Waals surface area contributed by atoms with Crippen molar-refractivity contribution in [3.8, 4) is 0 Å². The molecule has 2 aliphatic rings. The van der Waals surface area contributed by atoms with Gasteiger partial charge in [0.2, 0.25) is 0 Å². The van der Waals surface area contributed by atoms with Crippen LogP contribution in [0, 0.1) is 17.3 Å². The van der Waals surface area contributed by atoms with Crippen LogP contribution >= 0.6 is 0 Å². The molecule has 17 heavy (non-hydrogen) atoms. The van der Waals surface area contributed by atoms with Gasteiger partial charge in [-0.05, 0) is 24.8 Å². The van der Waals surface area contributed by atoms with Crippen molar-refractivity contribution in [3.63, 3.8) is 0 Å². The second-order valence-corrected chi connectivity index (χ2v) is 6.01. The van der Waals surface area contributed by atoms with E-state index in [-0.39, 0.29) is 12.0 Å². The van der Waals surface area contributed by atoms with E-state index in [1.54, 1.807) is 0 Å². The van der Waals surface area contributed by atoms with Crippen LogP contribution in [-0.4, -0.2) is 49.5 Å². The summed E-state index contributed by atoms with van der Waals surface area (Å²) in [6, 6.07) is 0. The van der Waals surface area contributed by atoms with Gasteiger partial charge in [0, 0.05) is 13.1 Å². The predicted octanol–water partition coefficient (Wildman–Crippen LogP) is 1.75. The highest BCUT2D eigenvalue weighted by Gasteiger charge is 2.41. The zero-order valence-electron chi connectivity index (χ0n) is 11.3. The Hall–Kier alpha value is -0.120. The molecule has 0 aromatic carbocycles. The van der Waals surface area contributed by atoms with E-state index in [9.17, 15) is 5.11 Å². The van der Waals surface area contributed by atoms with Gasteiger partial charge in [0.25, 0.3) is 0 Å². The summed E-state index contributed by atoms with van der Waals surface area (Å²) in [6.07, 6.45) is 3.96. The van der Waals surface area contributed by atoms with Gasteiger partial charge in [-0.25, -0.2) is 0 Å². The normalized spacial score (nSPS) is 28.6. The van der Waals surface area contributed by atoms with E-state index in [0.29, 0.717) is 0 Å². The molecule has 0 radical (unpaired) electrons. The molecule has 100 valence electrons. The first-order chi connectivity index (χ1) is 8.23. The van der Waals surface area contributed by atoms with Crippen LogP contribution in [-0.2, 0) is 4.74 Å². The van der Waals surface area contributed by atoms with E-state index < -0.39 is 0 Å². The first-order valence-electron chi connectivity index (χ1n) is 7.14. The first kappa shape index (κ1) is 13.3. The van der Waals surface area contributed by atoms with E-state index in [0.717, 1.165) is 31.6 Å². The van der Waals surface area contributed by atoms with Gasteiger partial charge in [0.15, 0.2) is 0 Å². The highest BCUT2D eigenvalue weighted by molar-refractivity contribution is 4.91. The molecule has 2 aliphatic heterocycles. The molecule has 0 aliphatic carbocycles. The highest BCUT2D eigenvalue weighted by Crippen LogP contribution is 2.33. The van der Waals surface area contributed by atoms with Gasteiger partial charge in [0.1, 0.15) is 0 Å². The third-order valence-corrected chi connectivity index (χ3v) is 4.74. The van der Waals surface area contributed by atoms with Crippen LogP contribution in [0.5, 0.6) is 0 Å². The van der Waals surface area contributed by atoms with Crippen molar-refractivity contribution in [1.82, 2.24) is 4.90 Å². The molecule has 0 amide bonds. The van der Waals surface area contributed by atoms with Crippen molar-refractivity contribution < 1.29 is 9.84 Å². The Morgan fingerprint density at radius 3 is 2.53 bits per heavy atom. The molecule has 2 saturated heterocycles. The maximum Gasteiger partial charge on any atom is 0.0579 e. The lowest BCUT2D eigenvalue weighted by Gasteiger charge is -2.42. The molecule has 2 rings (SSSR count). The van der Waals surface area contributed by atoms with Crippen molar-refractivity contribution in [2.45, 2.75) is 33.1 Å². The maximum atomic E-state index is 9.46. The summed E-state index contributed by atoms with van der Waals surface area (Å²) in [5.74, 6) is 1.77. The summed E-state index contributed by atoms with van der Waals surface area (Å²) in [6.45, 7) is 9.86. The Balaban J connectivity index is 1.81. The highest BCUT2D eigenvalue weighted by atomic mass is 16.5. The molecule has 0 bridgehead atoms. The Labute approximate surface area is 105 Å². The number of likely N-dealkylation sites (tertiary alicyclic amines) is 1. The summed E-state index contributed by atoms with van der Waals surface area (Å²) in [5.41, 5.74) is 0.0583. The van der Waals surface area contributed by atoms with Crippen LogP contribution in [0.2, 0.25) is 0 Å². The van der Waals surface area contributed by atoms with Gasteiger partial charge in [-0.1, -0.05) is 26.7 Å². The van der Waals surface area contributed by atoms with Gasteiger partial charge in [-0.2, -0.15) is 0 Å². The van der Waals surface area contributed by atoms with Gasteiger partial charge in [0.05, 0.1) is 25.2 Å². The standard InChI is InChI=1S/C14H27NO2/c1-3-12(4-2)13-5-6-15(7-13)8-14(9-16)10-17-11-14/h12-13,16H,3-11H2,1-2H3. The molecule has 0 spiro atoms. The quantitative estimate of drug-likeness (QED) is 0.769. The van der Waals surface area contributed by atoms with E-state index >= 15 is 0 Å². The number of aliphatic hydroxyl groups excluding tert-OH is 1. The number of rotatable bonds is 6. The average Bonchev–Trinajstić information content (AvgIpc) is 2.74. The van der Waals surface area contributed by atoms with E-state index in [1.807, 2.05) is 0 Å². The molecule has 3 nitrogen and oxygen atoms in total. The van der Waals surface area contributed by atoms with Crippen molar-refractivity contribution >= 4 is 0 Å². The van der Waals surface area contributed by atoms with Gasteiger partial charge in [-0.15, -0.1) is 0 Å². The van der Waals surface area contributed by atoms with Gasteiger partial charge in [-0.3, -0.25) is 0 Å². The second kappa shape index (κ2) is 5.68. The monoisotopic (exact) mass is 241 g/mol. The average molecular weight is 241 g/mol. The van der Waals surface area contributed by atoms with Crippen LogP contribution in [0.4, 0.5) is 0 Å². The molecule has 2 fully saturated rings. The van der Waals surface area contributed by atoms with E-state index in [1.165, 1.54) is 32.4 Å². The zero-order valence-corrected chi connectivity index (χ0v) is 11.3. The third-order valence-electron chi connectivity index (χ3n) is 4.74. The minimum absolute atomic E-state index is 0.0583. The lowest BCUT2D eigenvalue weighted by atomic mass is 9.86. The second-order valence-electron chi connectivity index (χ2n) is 6.01. The molecular formula is C14H27NO2. The van der Waals surface area contributed by atoms with Gasteiger partial charge >= 0.3 is 0 Å². The summed E-state index contributed by atoms with van der Waals surface area (Å²) in [5, 5.41) is 9.46. The summed E-state index contributed by atoms with van der Waals surface area (Å²) < 4.78 is 5.27. The number of hydrogen-bond acceptors (Lipinski definition) is 3. The molecule has 0 saturated carbocycles. The Bertz CT molecular complexity index is 231. The maximum absolute atomic E-state index is 9.46. The Morgan fingerprint density at radius 2 is 2.06 bits per heavy atom. The lowest BCUT2D eigenvalue weighted by Crippen LogP contribution is -2.52. The number of aliphatic hydroxyl groups is 1. The molecule has 2 heterocycles. The smallest absolute Gasteiger partial charge is 0.0579 e. The molecule has 0 aromatic heterocycles. The fourth-order valence-electron chi connectivity index (χ4n) is 3.44. The molecule has 1 atom stereocenters. The number of ether oxygens (including phenoxy) is 1. The minimum Gasteiger partial charge on any atom is -0.396 e. The largest absolute Gasteiger partial charge is 0.396 e. The fourth-order valence-corrected chi connectivity index (χ4v) is 3.44. The van der Waals surface area contributed by atoms with Crippen LogP contribution in [0.15, 0.2) is 0 Å². The SMILES string of the molecule is CCC(CC)C1CCN(CC2(CO)COC2)C1. The van der Waals surface area contributed by atoms with Crippen LogP contribution < -0.4 is 0 Å². The lowest BCUT2D eigenvalue weighted by molar-refractivity contribution is -0.146. The summed E-state index contributed by atoms with van der Waals surface area (Å²) in [4.78, 5) is 2.54. The van der Waals surface area contributed by atoms with E-state index in [4.69, 9.17) is 4.74 Å². The molecule has 1 unspecified atom stereocenters. The summed E-state index contributed by atoms with van der Waals surface area (Å²) in [7, 11) is 0. The number of hydrogen-bond donors (Lipinski definition) is 1. The number of nitrogens with zero attached hydrogens (tertiary/aromatic N) is 1. The van der Waals surface area contributed by atoms with Gasteiger partial charge < -0.3 is 14.7 Å².